The second-order valence-corrected chi connectivity index (χ2v) is 6.83. The Balaban J connectivity index is 1.92. The highest BCUT2D eigenvalue weighted by Crippen LogP contribution is 2.38. The van der Waals surface area contributed by atoms with Crippen molar-refractivity contribution >= 4 is 15.9 Å². The molecule has 0 aromatic heterocycles. The predicted octanol–water partition coefficient (Wildman–Crippen LogP) is 3.09. The lowest BCUT2D eigenvalue weighted by Gasteiger charge is -2.44. The van der Waals surface area contributed by atoms with Crippen LogP contribution in [0.2, 0.25) is 0 Å². The summed E-state index contributed by atoms with van der Waals surface area (Å²) < 4.78 is 7.09. The number of hydrogen-bond donors (Lipinski definition) is 1. The number of ether oxygens (including phenoxy) is 1. The molecule has 2 fully saturated rings. The molecule has 1 aromatic rings. The number of halogens is 1. The van der Waals surface area contributed by atoms with Crippen LogP contribution in [-0.4, -0.2) is 36.2 Å². The second-order valence-electron chi connectivity index (χ2n) is 5.97. The highest BCUT2D eigenvalue weighted by Gasteiger charge is 2.40. The van der Waals surface area contributed by atoms with Crippen molar-refractivity contribution in [1.82, 2.24) is 4.90 Å². The minimum Gasteiger partial charge on any atom is -0.375 e. The Kier molecular flexibility index (Phi) is 4.46. The fraction of sp³-hybridized carbons (Fsp3) is 0.625. The van der Waals surface area contributed by atoms with Gasteiger partial charge in [0, 0.05) is 23.1 Å². The van der Waals surface area contributed by atoms with Gasteiger partial charge in [0.1, 0.15) is 0 Å². The van der Waals surface area contributed by atoms with E-state index < -0.39 is 0 Å². The van der Waals surface area contributed by atoms with Gasteiger partial charge in [-0.3, -0.25) is 4.90 Å². The van der Waals surface area contributed by atoms with Crippen LogP contribution in [0.15, 0.2) is 28.7 Å². The summed E-state index contributed by atoms with van der Waals surface area (Å²) in [5, 5.41) is 0. The van der Waals surface area contributed by atoms with E-state index in [0.717, 1.165) is 17.6 Å². The van der Waals surface area contributed by atoms with E-state index in [4.69, 9.17) is 10.5 Å². The highest BCUT2D eigenvalue weighted by molar-refractivity contribution is 9.10. The molecule has 1 aliphatic carbocycles. The Labute approximate surface area is 129 Å². The first-order valence-corrected chi connectivity index (χ1v) is 8.35. The van der Waals surface area contributed by atoms with Gasteiger partial charge in [-0.15, -0.1) is 0 Å². The van der Waals surface area contributed by atoms with Gasteiger partial charge in [0.25, 0.3) is 0 Å². The van der Waals surface area contributed by atoms with Crippen LogP contribution in [0.5, 0.6) is 0 Å². The van der Waals surface area contributed by atoms with E-state index in [1.54, 1.807) is 0 Å². The molecule has 0 bridgehead atoms. The van der Waals surface area contributed by atoms with Crippen molar-refractivity contribution in [2.75, 3.05) is 13.2 Å². The Morgan fingerprint density at radius 2 is 2.15 bits per heavy atom. The van der Waals surface area contributed by atoms with Crippen LogP contribution in [0.1, 0.15) is 37.8 Å². The molecule has 1 aliphatic heterocycles. The van der Waals surface area contributed by atoms with Gasteiger partial charge in [0.2, 0.25) is 0 Å². The van der Waals surface area contributed by atoms with Crippen LogP contribution in [0, 0.1) is 0 Å². The van der Waals surface area contributed by atoms with E-state index in [9.17, 15) is 0 Å². The molecule has 20 heavy (non-hydrogen) atoms. The molecule has 1 heterocycles. The third-order valence-corrected chi connectivity index (χ3v) is 5.33. The van der Waals surface area contributed by atoms with Gasteiger partial charge in [0.05, 0.1) is 18.8 Å². The van der Waals surface area contributed by atoms with E-state index in [1.165, 1.54) is 24.8 Å². The van der Waals surface area contributed by atoms with Gasteiger partial charge in [-0.1, -0.05) is 34.1 Å². The third kappa shape index (κ3) is 2.67. The Hall–Kier alpha value is -0.420. The molecule has 1 saturated heterocycles. The van der Waals surface area contributed by atoms with Crippen LogP contribution in [0.3, 0.4) is 0 Å². The molecule has 0 radical (unpaired) electrons. The second kappa shape index (κ2) is 6.14. The third-order valence-electron chi connectivity index (χ3n) is 4.60. The molecule has 4 heteroatoms. The summed E-state index contributed by atoms with van der Waals surface area (Å²) >= 11 is 3.69. The first kappa shape index (κ1) is 14.5. The molecule has 1 saturated carbocycles. The van der Waals surface area contributed by atoms with Crippen LogP contribution < -0.4 is 5.73 Å². The van der Waals surface area contributed by atoms with Crippen LogP contribution in [0.4, 0.5) is 0 Å². The zero-order chi connectivity index (χ0) is 14.1. The van der Waals surface area contributed by atoms with Crippen LogP contribution >= 0.6 is 15.9 Å². The predicted molar refractivity (Wildman–Crippen MR) is 84.6 cm³/mol. The molecule has 4 unspecified atom stereocenters. The van der Waals surface area contributed by atoms with Gasteiger partial charge in [-0.05, 0) is 37.8 Å². The summed E-state index contributed by atoms with van der Waals surface area (Å²) in [5.74, 6) is 0. The fourth-order valence-electron chi connectivity index (χ4n) is 3.78. The number of benzene rings is 1. The van der Waals surface area contributed by atoms with Crippen LogP contribution in [0.25, 0.3) is 0 Å². The smallest absolute Gasteiger partial charge is 0.0731 e. The number of hydrogen-bond acceptors (Lipinski definition) is 3. The maximum absolute atomic E-state index is 6.35. The van der Waals surface area contributed by atoms with E-state index >= 15 is 0 Å². The monoisotopic (exact) mass is 338 g/mol. The largest absolute Gasteiger partial charge is 0.375 e. The average molecular weight is 339 g/mol. The summed E-state index contributed by atoms with van der Waals surface area (Å²) in [5.41, 5.74) is 7.65. The maximum Gasteiger partial charge on any atom is 0.0731 e. The Bertz CT molecular complexity index is 466. The van der Waals surface area contributed by atoms with Crippen LogP contribution in [-0.2, 0) is 4.74 Å². The summed E-state index contributed by atoms with van der Waals surface area (Å²) in [6.45, 7) is 3.92. The molecule has 4 atom stereocenters. The lowest BCUT2D eigenvalue weighted by molar-refractivity contribution is -0.0754. The van der Waals surface area contributed by atoms with Crippen molar-refractivity contribution in [2.24, 2.45) is 5.73 Å². The summed E-state index contributed by atoms with van der Waals surface area (Å²) in [7, 11) is 0. The van der Waals surface area contributed by atoms with Crippen molar-refractivity contribution in [3.05, 3.63) is 34.3 Å². The first-order chi connectivity index (χ1) is 9.68. The van der Waals surface area contributed by atoms with Gasteiger partial charge in [-0.2, -0.15) is 0 Å². The summed E-state index contributed by atoms with van der Waals surface area (Å²) in [6.07, 6.45) is 4.11. The van der Waals surface area contributed by atoms with E-state index in [1.807, 2.05) is 0 Å². The number of morpholine rings is 1. The minimum absolute atomic E-state index is 0.105. The molecular weight excluding hydrogens is 316 g/mol. The first-order valence-electron chi connectivity index (χ1n) is 7.56. The quantitative estimate of drug-likeness (QED) is 0.920. The SMILES string of the molecule is CC(N)C(c1ccccc1Br)N1CCOC2CCCC21. The number of fused-ring (bicyclic) bond motifs is 1. The zero-order valence-corrected chi connectivity index (χ0v) is 13.6. The normalized spacial score (nSPS) is 29.9. The highest BCUT2D eigenvalue weighted by atomic mass is 79.9. The summed E-state index contributed by atoms with van der Waals surface area (Å²) in [4.78, 5) is 2.59. The molecule has 2 N–H and O–H groups in total. The molecule has 110 valence electrons. The molecule has 2 aliphatic rings. The van der Waals surface area contributed by atoms with E-state index in [2.05, 4.69) is 52.0 Å². The molecular formula is C16H23BrN2O. The van der Waals surface area contributed by atoms with Gasteiger partial charge >= 0.3 is 0 Å². The Morgan fingerprint density at radius 1 is 1.35 bits per heavy atom. The van der Waals surface area contributed by atoms with E-state index in [-0.39, 0.29) is 12.1 Å². The molecule has 0 spiro atoms. The molecule has 0 amide bonds. The number of rotatable bonds is 3. The minimum atomic E-state index is 0.105. The summed E-state index contributed by atoms with van der Waals surface area (Å²) in [6, 6.07) is 9.36. The standard InChI is InChI=1S/C16H23BrN2O/c1-11(18)16(12-5-2-3-6-13(12)17)19-9-10-20-15-8-4-7-14(15)19/h2-3,5-6,11,14-16H,4,7-10,18H2,1H3. The van der Waals surface area contributed by atoms with Crippen molar-refractivity contribution in [3.63, 3.8) is 0 Å². The van der Waals surface area contributed by atoms with Gasteiger partial charge in [-0.25, -0.2) is 0 Å². The lowest BCUT2D eigenvalue weighted by Crippen LogP contribution is -2.53. The lowest BCUT2D eigenvalue weighted by atomic mass is 9.96. The van der Waals surface area contributed by atoms with E-state index in [0.29, 0.717) is 12.1 Å². The number of nitrogens with two attached hydrogens (primary N) is 1. The van der Waals surface area contributed by atoms with Crippen molar-refractivity contribution in [1.29, 1.82) is 0 Å². The van der Waals surface area contributed by atoms with Crippen molar-refractivity contribution < 1.29 is 4.74 Å². The zero-order valence-electron chi connectivity index (χ0n) is 12.0. The molecule has 3 nitrogen and oxygen atoms in total. The van der Waals surface area contributed by atoms with Gasteiger partial charge in [0.15, 0.2) is 0 Å². The topological polar surface area (TPSA) is 38.5 Å². The fourth-order valence-corrected chi connectivity index (χ4v) is 4.30. The van der Waals surface area contributed by atoms with Gasteiger partial charge < -0.3 is 10.5 Å². The average Bonchev–Trinajstić information content (AvgIpc) is 2.90. The molecule has 1 aromatic carbocycles. The van der Waals surface area contributed by atoms with Crippen molar-refractivity contribution in [2.45, 2.75) is 50.4 Å². The number of nitrogens with zero attached hydrogens (tertiary/aromatic N) is 1. The Morgan fingerprint density at radius 3 is 2.90 bits per heavy atom. The van der Waals surface area contributed by atoms with Crippen molar-refractivity contribution in [3.8, 4) is 0 Å². The maximum atomic E-state index is 6.35. The molecule has 3 rings (SSSR count).